The van der Waals surface area contributed by atoms with Gasteiger partial charge in [0.25, 0.3) is 0 Å². The van der Waals surface area contributed by atoms with E-state index >= 15 is 8.78 Å². The third-order valence-corrected chi connectivity index (χ3v) is 8.10. The fourth-order valence-electron chi connectivity index (χ4n) is 5.61. The topological polar surface area (TPSA) is 125 Å². The Bertz CT molecular complexity index is 1580. The van der Waals surface area contributed by atoms with Gasteiger partial charge in [-0.15, -0.1) is 0 Å². The van der Waals surface area contributed by atoms with Crippen molar-refractivity contribution < 1.29 is 23.8 Å². The van der Waals surface area contributed by atoms with Crippen LogP contribution in [0.15, 0.2) is 43.1 Å². The first kappa shape index (κ1) is 29.3. The van der Waals surface area contributed by atoms with Crippen LogP contribution in [0.25, 0.3) is 11.1 Å². The molecule has 2 unspecified atom stereocenters. The number of aliphatic hydroxyl groups is 1. The Morgan fingerprint density at radius 3 is 2.71 bits per heavy atom. The smallest absolute Gasteiger partial charge is 0.246 e. The number of pyridine rings is 1. The zero-order valence-electron chi connectivity index (χ0n) is 23.1. The van der Waals surface area contributed by atoms with Crippen LogP contribution >= 0.6 is 11.6 Å². The molecule has 0 aliphatic carbocycles. The second kappa shape index (κ2) is 11.6. The second-order valence-corrected chi connectivity index (χ2v) is 10.7. The Balaban J connectivity index is 1.75. The first-order chi connectivity index (χ1) is 20.0. The van der Waals surface area contributed by atoms with Crippen molar-refractivity contribution in [1.82, 2.24) is 14.8 Å². The van der Waals surface area contributed by atoms with Gasteiger partial charge >= 0.3 is 0 Å². The van der Waals surface area contributed by atoms with E-state index < -0.39 is 29.1 Å². The maximum Gasteiger partial charge on any atom is 0.246 e. The third-order valence-electron chi connectivity index (χ3n) is 7.73. The van der Waals surface area contributed by atoms with Gasteiger partial charge in [-0.2, -0.15) is 0 Å². The predicted octanol–water partition coefficient (Wildman–Crippen LogP) is 5.33. The van der Waals surface area contributed by atoms with E-state index in [-0.39, 0.29) is 51.0 Å². The predicted molar refractivity (Wildman–Crippen MR) is 159 cm³/mol. The molecule has 3 aromatic rings. The number of phenols is 1. The summed E-state index contributed by atoms with van der Waals surface area (Å²) in [6.45, 7) is 8.18. The summed E-state index contributed by atoms with van der Waals surface area (Å²) in [4.78, 5) is 20.1. The Labute approximate surface area is 246 Å². The molecular weight excluding hydrogens is 566 g/mol. The summed E-state index contributed by atoms with van der Waals surface area (Å²) in [7, 11) is 0. The highest BCUT2D eigenvalue weighted by molar-refractivity contribution is 6.37. The van der Waals surface area contributed by atoms with Crippen molar-refractivity contribution in [3.05, 3.63) is 76.6 Å². The number of carbonyl (C=O) groups is 1. The number of halogens is 3. The molecule has 1 fully saturated rings. The van der Waals surface area contributed by atoms with E-state index in [1.807, 2.05) is 0 Å². The first-order valence-corrected chi connectivity index (χ1v) is 13.9. The highest BCUT2D eigenvalue weighted by Crippen LogP contribution is 2.48. The molecule has 2 aliphatic rings. The molecule has 0 radical (unpaired) electrons. The molecule has 220 valence electrons. The minimum absolute atomic E-state index is 0.0550. The van der Waals surface area contributed by atoms with Crippen molar-refractivity contribution in [1.29, 1.82) is 5.41 Å². The zero-order chi connectivity index (χ0) is 30.3. The van der Waals surface area contributed by atoms with E-state index in [1.165, 1.54) is 31.3 Å². The number of aryl methyl sites for hydroxylation is 1. The summed E-state index contributed by atoms with van der Waals surface area (Å²) in [5, 5.41) is 36.4. The lowest BCUT2D eigenvalue weighted by molar-refractivity contribution is -0.128. The molecule has 0 bridgehead atoms. The molecule has 1 saturated heterocycles. The van der Waals surface area contributed by atoms with Crippen molar-refractivity contribution in [2.24, 2.45) is 0 Å². The molecule has 42 heavy (non-hydrogen) atoms. The van der Waals surface area contributed by atoms with Crippen LogP contribution in [-0.4, -0.2) is 69.0 Å². The van der Waals surface area contributed by atoms with Crippen LogP contribution in [0.5, 0.6) is 5.75 Å². The average Bonchev–Trinajstić information content (AvgIpc) is 2.95. The second-order valence-electron chi connectivity index (χ2n) is 10.4. The Hall–Kier alpha value is -4.22. The van der Waals surface area contributed by atoms with Crippen LogP contribution < -0.4 is 10.6 Å². The number of nitrogens with zero attached hydrogens (tertiary/aromatic N) is 3. The molecule has 5 N–H and O–H groups in total. The van der Waals surface area contributed by atoms with Crippen molar-refractivity contribution >= 4 is 40.4 Å². The molecule has 2 aliphatic heterocycles. The molecule has 2 aromatic carbocycles. The van der Waals surface area contributed by atoms with Crippen molar-refractivity contribution in [3.63, 3.8) is 0 Å². The number of amides is 1. The third kappa shape index (κ3) is 5.03. The quantitative estimate of drug-likeness (QED) is 0.252. The van der Waals surface area contributed by atoms with Gasteiger partial charge in [0, 0.05) is 44.0 Å². The fourth-order valence-corrected chi connectivity index (χ4v) is 5.95. The molecule has 2 atom stereocenters. The monoisotopic (exact) mass is 596 g/mol. The standard InChI is InChI=1S/C30H31ClF2N6O3/c1-4-20(42)38-12-13-39-17(14-38)9-11-36-28-23(30(39)34)29(37-26-15(2)8-10-35-27(26)16(3)40)25(33)22(24(28)31)21-18(32)6-5-7-19(21)41/h4-8,10,16-17,34,36-37,40-41H,1,9,11-14H2,2-3H3. The minimum atomic E-state index is -1.02. The van der Waals surface area contributed by atoms with Crippen LogP contribution in [0.2, 0.25) is 5.02 Å². The maximum absolute atomic E-state index is 16.8. The largest absolute Gasteiger partial charge is 0.507 e. The van der Waals surface area contributed by atoms with E-state index in [2.05, 4.69) is 22.2 Å². The molecule has 1 aromatic heterocycles. The number of carbonyl (C=O) groups excluding carboxylic acids is 1. The van der Waals surface area contributed by atoms with Gasteiger partial charge in [-0.3, -0.25) is 15.2 Å². The Morgan fingerprint density at radius 2 is 2.02 bits per heavy atom. The van der Waals surface area contributed by atoms with E-state index in [9.17, 15) is 20.4 Å². The van der Waals surface area contributed by atoms with Crippen molar-refractivity contribution in [2.75, 3.05) is 36.8 Å². The number of amidine groups is 1. The van der Waals surface area contributed by atoms with Crippen LogP contribution in [0, 0.1) is 24.0 Å². The number of aliphatic hydroxyl groups excluding tert-OH is 1. The van der Waals surface area contributed by atoms with Gasteiger partial charge in [0.1, 0.15) is 17.4 Å². The highest BCUT2D eigenvalue weighted by atomic mass is 35.5. The molecule has 9 nitrogen and oxygen atoms in total. The molecule has 0 spiro atoms. The average molecular weight is 597 g/mol. The van der Waals surface area contributed by atoms with Crippen LogP contribution in [0.3, 0.4) is 0 Å². The Morgan fingerprint density at radius 1 is 1.26 bits per heavy atom. The Kier molecular flexibility index (Phi) is 8.07. The van der Waals surface area contributed by atoms with Gasteiger partial charge in [-0.25, -0.2) is 8.78 Å². The number of phenolic OH excluding ortho intramolecular Hbond substituents is 1. The number of piperazine rings is 1. The van der Waals surface area contributed by atoms with E-state index in [0.29, 0.717) is 43.9 Å². The molecule has 3 heterocycles. The summed E-state index contributed by atoms with van der Waals surface area (Å²) in [5.74, 6) is -2.65. The van der Waals surface area contributed by atoms with Gasteiger partial charge in [-0.05, 0) is 50.1 Å². The summed E-state index contributed by atoms with van der Waals surface area (Å²) in [6.07, 6.45) is 2.28. The first-order valence-electron chi connectivity index (χ1n) is 13.5. The number of anilines is 3. The number of hydrogen-bond donors (Lipinski definition) is 5. The van der Waals surface area contributed by atoms with E-state index in [4.69, 9.17) is 11.6 Å². The number of benzene rings is 2. The van der Waals surface area contributed by atoms with Gasteiger partial charge in [0.15, 0.2) is 5.82 Å². The number of hydrogen-bond acceptors (Lipinski definition) is 7. The SMILES string of the molecule is C=CC(=O)N1CCN2C(=N)c3c(Nc4c(C)ccnc4C(C)O)c(F)c(-c4c(O)cccc4F)c(Cl)c3NCCC2C1. The number of rotatable bonds is 5. The number of aromatic hydroxyl groups is 1. The number of fused-ring (bicyclic) bond motifs is 2. The highest BCUT2D eigenvalue weighted by Gasteiger charge is 2.37. The molecule has 1 amide bonds. The fraction of sp³-hybridized carbons (Fsp3) is 0.300. The lowest BCUT2D eigenvalue weighted by Gasteiger charge is -2.44. The lowest BCUT2D eigenvalue weighted by Crippen LogP contribution is -2.57. The van der Waals surface area contributed by atoms with Crippen molar-refractivity contribution in [3.8, 4) is 16.9 Å². The van der Waals surface area contributed by atoms with Gasteiger partial charge in [-0.1, -0.05) is 24.2 Å². The molecule has 12 heteroatoms. The van der Waals surface area contributed by atoms with Gasteiger partial charge in [0.2, 0.25) is 5.91 Å². The molecular formula is C30H31ClF2N6O3. The number of nitrogens with one attached hydrogen (secondary N) is 3. The zero-order valence-corrected chi connectivity index (χ0v) is 23.9. The van der Waals surface area contributed by atoms with Crippen molar-refractivity contribution in [2.45, 2.75) is 32.4 Å². The summed E-state index contributed by atoms with van der Waals surface area (Å²) >= 11 is 6.81. The number of aromatic nitrogens is 1. The van der Waals surface area contributed by atoms with E-state index in [0.717, 1.165) is 6.07 Å². The van der Waals surface area contributed by atoms with Crippen LogP contribution in [0.4, 0.5) is 25.8 Å². The lowest BCUT2D eigenvalue weighted by atomic mass is 9.94. The molecule has 5 rings (SSSR count). The maximum atomic E-state index is 16.8. The van der Waals surface area contributed by atoms with Gasteiger partial charge < -0.3 is 30.6 Å². The van der Waals surface area contributed by atoms with Crippen LogP contribution in [0.1, 0.15) is 36.3 Å². The summed E-state index contributed by atoms with van der Waals surface area (Å²) in [6, 6.07) is 5.05. The van der Waals surface area contributed by atoms with Gasteiger partial charge in [0.05, 0.1) is 45.0 Å². The minimum Gasteiger partial charge on any atom is -0.507 e. The van der Waals surface area contributed by atoms with E-state index in [1.54, 1.807) is 22.8 Å². The summed E-state index contributed by atoms with van der Waals surface area (Å²) in [5.41, 5.74) is 0.464. The normalized spacial score (nSPS) is 17.4. The summed E-state index contributed by atoms with van der Waals surface area (Å²) < 4.78 is 32.0. The molecule has 0 saturated carbocycles. The van der Waals surface area contributed by atoms with Crippen LogP contribution in [-0.2, 0) is 4.79 Å².